The molecule has 6 nitrogen and oxygen atoms in total. The Balaban J connectivity index is 2.59. The van der Waals surface area contributed by atoms with Crippen LogP contribution in [0.1, 0.15) is 26.3 Å². The van der Waals surface area contributed by atoms with Crippen molar-refractivity contribution in [2.24, 2.45) is 0 Å². The van der Waals surface area contributed by atoms with Gasteiger partial charge in [0.15, 0.2) is 0 Å². The number of amides is 1. The fourth-order valence-electron chi connectivity index (χ4n) is 1.82. The minimum atomic E-state index is -1.05. The molecule has 0 spiro atoms. The van der Waals surface area contributed by atoms with Gasteiger partial charge in [0.05, 0.1) is 7.11 Å². The number of hydrogen-bond donors (Lipinski definition) is 1. The summed E-state index contributed by atoms with van der Waals surface area (Å²) < 4.78 is 10.3. The molecule has 0 fully saturated rings. The van der Waals surface area contributed by atoms with E-state index in [1.54, 1.807) is 27.9 Å². The number of rotatable bonds is 7. The zero-order valence-corrected chi connectivity index (χ0v) is 15.6. The number of methoxy groups -OCH3 is 1. The van der Waals surface area contributed by atoms with Crippen LogP contribution in [0.3, 0.4) is 0 Å². The molecule has 1 aromatic rings. The largest absolute Gasteiger partial charge is 0.497 e. The van der Waals surface area contributed by atoms with Gasteiger partial charge >= 0.3 is 12.1 Å². The van der Waals surface area contributed by atoms with Gasteiger partial charge in [0.25, 0.3) is 0 Å². The second-order valence-electron chi connectivity index (χ2n) is 6.31. The Labute approximate surface area is 147 Å². The van der Waals surface area contributed by atoms with E-state index in [0.717, 1.165) is 16.2 Å². The van der Waals surface area contributed by atoms with Crippen LogP contribution in [0.25, 0.3) is 0 Å². The lowest BCUT2D eigenvalue weighted by Crippen LogP contribution is -2.46. The van der Waals surface area contributed by atoms with Crippen molar-refractivity contribution in [1.29, 1.82) is 0 Å². The number of nitrogens with zero attached hydrogens (tertiary/aromatic N) is 1. The normalized spacial score (nSPS) is 12.4. The number of aliphatic carboxylic acids is 1. The molecule has 1 N–H and O–H groups in total. The maximum Gasteiger partial charge on any atom is 0.410 e. The van der Waals surface area contributed by atoms with Crippen molar-refractivity contribution < 1.29 is 24.2 Å². The average Bonchev–Trinajstić information content (AvgIpc) is 2.49. The van der Waals surface area contributed by atoms with Crippen LogP contribution >= 0.6 is 11.8 Å². The molecule has 0 aromatic heterocycles. The van der Waals surface area contributed by atoms with E-state index >= 15 is 0 Å². The van der Waals surface area contributed by atoms with Gasteiger partial charge in [-0.05, 0) is 38.5 Å². The SMILES string of the molecule is COc1ccc(CSCC(C(=O)O)N(C)C(=O)OC(C)(C)C)cc1. The van der Waals surface area contributed by atoms with Gasteiger partial charge in [0.2, 0.25) is 0 Å². The first-order valence-corrected chi connectivity index (χ1v) is 8.69. The number of carboxylic acid groups (broad SMARTS) is 1. The van der Waals surface area contributed by atoms with Gasteiger partial charge in [0.1, 0.15) is 17.4 Å². The molecule has 24 heavy (non-hydrogen) atoms. The predicted octanol–water partition coefficient (Wildman–Crippen LogP) is 3.25. The molecular weight excluding hydrogens is 330 g/mol. The van der Waals surface area contributed by atoms with E-state index in [-0.39, 0.29) is 5.75 Å². The molecule has 1 aromatic carbocycles. The standard InChI is InChI=1S/C17H25NO5S/c1-17(2,3)23-16(21)18(4)14(15(19)20)11-24-10-12-6-8-13(22-5)9-7-12/h6-9,14H,10-11H2,1-5H3,(H,19,20). The summed E-state index contributed by atoms with van der Waals surface area (Å²) in [6.07, 6.45) is -0.639. The number of hydrogen-bond acceptors (Lipinski definition) is 5. The van der Waals surface area contributed by atoms with Gasteiger partial charge in [-0.3, -0.25) is 4.90 Å². The molecule has 1 atom stereocenters. The first kappa shape index (κ1) is 20.2. The first-order chi connectivity index (χ1) is 11.1. The fourth-order valence-corrected chi connectivity index (χ4v) is 2.96. The number of carbonyl (C=O) groups is 2. The summed E-state index contributed by atoms with van der Waals surface area (Å²) in [5.41, 5.74) is 0.398. The fraction of sp³-hybridized carbons (Fsp3) is 0.529. The summed E-state index contributed by atoms with van der Waals surface area (Å²) in [5.74, 6) is 0.648. The Kier molecular flexibility index (Phi) is 7.41. The zero-order valence-electron chi connectivity index (χ0n) is 14.7. The Morgan fingerprint density at radius 1 is 1.25 bits per heavy atom. The van der Waals surface area contributed by atoms with Crippen molar-refractivity contribution in [3.05, 3.63) is 29.8 Å². The van der Waals surface area contributed by atoms with E-state index in [0.29, 0.717) is 5.75 Å². The van der Waals surface area contributed by atoms with Crippen LogP contribution in [0.4, 0.5) is 4.79 Å². The van der Waals surface area contributed by atoms with Crippen LogP contribution in [0.15, 0.2) is 24.3 Å². The number of ether oxygens (including phenoxy) is 2. The van der Waals surface area contributed by atoms with Crippen LogP contribution in [0.5, 0.6) is 5.75 Å². The summed E-state index contributed by atoms with van der Waals surface area (Å²) >= 11 is 1.45. The minimum Gasteiger partial charge on any atom is -0.497 e. The summed E-state index contributed by atoms with van der Waals surface area (Å²) in [6.45, 7) is 5.23. The van der Waals surface area contributed by atoms with Crippen molar-refractivity contribution in [2.45, 2.75) is 38.2 Å². The highest BCUT2D eigenvalue weighted by atomic mass is 32.2. The maximum absolute atomic E-state index is 12.0. The molecule has 1 amide bonds. The number of carbonyl (C=O) groups excluding carboxylic acids is 1. The van der Waals surface area contributed by atoms with Gasteiger partial charge < -0.3 is 14.6 Å². The highest BCUT2D eigenvalue weighted by Gasteiger charge is 2.29. The quantitative estimate of drug-likeness (QED) is 0.809. The number of likely N-dealkylation sites (N-methyl/N-ethyl adjacent to an activating group) is 1. The van der Waals surface area contributed by atoms with E-state index < -0.39 is 23.7 Å². The summed E-state index contributed by atoms with van der Waals surface area (Å²) in [5, 5.41) is 9.38. The van der Waals surface area contributed by atoms with Crippen LogP contribution in [0.2, 0.25) is 0 Å². The monoisotopic (exact) mass is 355 g/mol. The second kappa shape index (κ2) is 8.82. The third kappa shape index (κ3) is 6.70. The topological polar surface area (TPSA) is 76.1 Å². The Morgan fingerprint density at radius 3 is 2.29 bits per heavy atom. The lowest BCUT2D eigenvalue weighted by Gasteiger charge is -2.28. The first-order valence-electron chi connectivity index (χ1n) is 7.53. The van der Waals surface area contributed by atoms with Crippen molar-refractivity contribution in [3.8, 4) is 5.75 Å². The molecule has 1 rings (SSSR count). The second-order valence-corrected chi connectivity index (χ2v) is 7.34. The molecule has 7 heteroatoms. The molecule has 0 bridgehead atoms. The van der Waals surface area contributed by atoms with E-state index in [4.69, 9.17) is 9.47 Å². The van der Waals surface area contributed by atoms with Crippen LogP contribution in [-0.4, -0.2) is 53.6 Å². The summed E-state index contributed by atoms with van der Waals surface area (Å²) in [6, 6.07) is 6.63. The molecular formula is C17H25NO5S. The third-order valence-corrected chi connectivity index (χ3v) is 4.23. The lowest BCUT2D eigenvalue weighted by atomic mass is 10.2. The van der Waals surface area contributed by atoms with Crippen LogP contribution in [0, 0.1) is 0 Å². The Bertz CT molecular complexity index is 553. The number of benzene rings is 1. The predicted molar refractivity (Wildman–Crippen MR) is 94.6 cm³/mol. The minimum absolute atomic E-state index is 0.275. The highest BCUT2D eigenvalue weighted by Crippen LogP contribution is 2.19. The summed E-state index contributed by atoms with van der Waals surface area (Å²) in [7, 11) is 3.05. The smallest absolute Gasteiger partial charge is 0.410 e. The third-order valence-electron chi connectivity index (χ3n) is 3.14. The number of carboxylic acids is 1. The van der Waals surface area contributed by atoms with E-state index in [1.807, 2.05) is 24.3 Å². The van der Waals surface area contributed by atoms with Gasteiger partial charge in [-0.25, -0.2) is 9.59 Å². The van der Waals surface area contributed by atoms with Gasteiger partial charge in [0, 0.05) is 18.6 Å². The van der Waals surface area contributed by atoms with E-state index in [9.17, 15) is 14.7 Å². The Morgan fingerprint density at radius 2 is 1.83 bits per heavy atom. The van der Waals surface area contributed by atoms with Gasteiger partial charge in [-0.15, -0.1) is 0 Å². The molecule has 0 aliphatic rings. The lowest BCUT2D eigenvalue weighted by molar-refractivity contribution is -0.141. The van der Waals surface area contributed by atoms with Crippen molar-refractivity contribution in [3.63, 3.8) is 0 Å². The van der Waals surface area contributed by atoms with Crippen LogP contribution < -0.4 is 4.74 Å². The molecule has 0 radical (unpaired) electrons. The summed E-state index contributed by atoms with van der Waals surface area (Å²) in [4.78, 5) is 24.6. The van der Waals surface area contributed by atoms with Gasteiger partial charge in [-0.2, -0.15) is 11.8 Å². The molecule has 1 unspecified atom stereocenters. The van der Waals surface area contributed by atoms with Crippen LogP contribution in [-0.2, 0) is 15.3 Å². The van der Waals surface area contributed by atoms with Crippen molar-refractivity contribution in [2.75, 3.05) is 19.9 Å². The maximum atomic E-state index is 12.0. The van der Waals surface area contributed by atoms with E-state index in [1.165, 1.54) is 18.8 Å². The highest BCUT2D eigenvalue weighted by molar-refractivity contribution is 7.98. The molecule has 0 saturated carbocycles. The Hall–Kier alpha value is -1.89. The molecule has 134 valence electrons. The molecule has 0 aliphatic carbocycles. The average molecular weight is 355 g/mol. The van der Waals surface area contributed by atoms with Gasteiger partial charge in [-0.1, -0.05) is 12.1 Å². The van der Waals surface area contributed by atoms with E-state index in [2.05, 4.69) is 0 Å². The van der Waals surface area contributed by atoms with Crippen molar-refractivity contribution >= 4 is 23.8 Å². The number of thioether (sulfide) groups is 1. The molecule has 0 saturated heterocycles. The molecule has 0 aliphatic heterocycles. The van der Waals surface area contributed by atoms with Crippen molar-refractivity contribution in [1.82, 2.24) is 4.90 Å². The zero-order chi connectivity index (χ0) is 18.3. The molecule has 0 heterocycles.